The van der Waals surface area contributed by atoms with E-state index in [-0.39, 0.29) is 22.3 Å². The number of hydrogen-bond acceptors (Lipinski definition) is 4. The van der Waals surface area contributed by atoms with E-state index in [0.29, 0.717) is 0 Å². The molecule has 6 nitrogen and oxygen atoms in total. The first-order chi connectivity index (χ1) is 12.8. The van der Waals surface area contributed by atoms with E-state index in [1.165, 1.54) is 43.5 Å². The highest BCUT2D eigenvalue weighted by molar-refractivity contribution is 5.95. The first-order valence-corrected chi connectivity index (χ1v) is 7.80. The van der Waals surface area contributed by atoms with Crippen LogP contribution in [0.4, 0.5) is 18.9 Å². The Balaban J connectivity index is 1.88. The zero-order valence-corrected chi connectivity index (χ0v) is 14.1. The minimum atomic E-state index is -4.70. The van der Waals surface area contributed by atoms with Crippen LogP contribution in [-0.2, 0) is 22.3 Å². The van der Waals surface area contributed by atoms with Gasteiger partial charge in [0.15, 0.2) is 0 Å². The molecular weight excluding hydrogens is 363 g/mol. The van der Waals surface area contributed by atoms with Gasteiger partial charge in [0.2, 0.25) is 11.7 Å². The Kier molecular flexibility index (Phi) is 4.85. The van der Waals surface area contributed by atoms with Crippen molar-refractivity contribution in [2.24, 2.45) is 0 Å². The Morgan fingerprint density at radius 1 is 1.15 bits per heavy atom. The summed E-state index contributed by atoms with van der Waals surface area (Å²) >= 11 is 0. The van der Waals surface area contributed by atoms with Crippen molar-refractivity contribution in [1.29, 1.82) is 0 Å². The van der Waals surface area contributed by atoms with Crippen molar-refractivity contribution in [2.45, 2.75) is 12.7 Å². The van der Waals surface area contributed by atoms with Crippen LogP contribution in [-0.4, -0.2) is 28.5 Å². The standard InChI is InChI=1S/C18H14F3N3O3/c1-27-16(26)11-5-4-6-12(9-11)22-15(25)10-24-14-8-3-2-7-13(14)23-17(24)18(19,20)21/h2-9H,10H2,1H3,(H,22,25). The van der Waals surface area contributed by atoms with E-state index >= 15 is 0 Å². The number of nitrogens with zero attached hydrogens (tertiary/aromatic N) is 2. The number of para-hydroxylation sites is 2. The molecule has 3 aromatic rings. The fourth-order valence-electron chi connectivity index (χ4n) is 2.64. The molecule has 1 heterocycles. The summed E-state index contributed by atoms with van der Waals surface area (Å²) in [6, 6.07) is 11.9. The third kappa shape index (κ3) is 3.91. The summed E-state index contributed by atoms with van der Waals surface area (Å²) in [6.07, 6.45) is -4.70. The third-order valence-corrected chi connectivity index (χ3v) is 3.78. The van der Waals surface area contributed by atoms with Gasteiger partial charge in [-0.15, -0.1) is 0 Å². The second-order valence-corrected chi connectivity index (χ2v) is 5.63. The smallest absolute Gasteiger partial charge is 0.449 e. The van der Waals surface area contributed by atoms with Gasteiger partial charge in [0.1, 0.15) is 6.54 Å². The fraction of sp³-hybridized carbons (Fsp3) is 0.167. The lowest BCUT2D eigenvalue weighted by Crippen LogP contribution is -2.23. The molecule has 0 saturated carbocycles. The van der Waals surface area contributed by atoms with Gasteiger partial charge < -0.3 is 14.6 Å². The Bertz CT molecular complexity index is 1010. The van der Waals surface area contributed by atoms with E-state index in [1.807, 2.05) is 0 Å². The van der Waals surface area contributed by atoms with Gasteiger partial charge in [-0.2, -0.15) is 13.2 Å². The number of rotatable bonds is 4. The molecule has 0 spiro atoms. The average molecular weight is 377 g/mol. The van der Waals surface area contributed by atoms with Crippen LogP contribution < -0.4 is 5.32 Å². The van der Waals surface area contributed by atoms with E-state index < -0.39 is 30.4 Å². The van der Waals surface area contributed by atoms with Gasteiger partial charge in [0.25, 0.3) is 0 Å². The molecule has 140 valence electrons. The number of alkyl halides is 3. The zero-order valence-electron chi connectivity index (χ0n) is 14.1. The summed E-state index contributed by atoms with van der Waals surface area (Å²) in [6.45, 7) is -0.586. The normalized spacial score (nSPS) is 11.4. The molecule has 0 radical (unpaired) electrons. The summed E-state index contributed by atoms with van der Waals surface area (Å²) in [7, 11) is 1.22. The van der Waals surface area contributed by atoms with Crippen LogP contribution in [0.2, 0.25) is 0 Å². The van der Waals surface area contributed by atoms with E-state index in [4.69, 9.17) is 0 Å². The molecule has 0 unspecified atom stereocenters. The molecule has 27 heavy (non-hydrogen) atoms. The van der Waals surface area contributed by atoms with Crippen LogP contribution in [0.3, 0.4) is 0 Å². The summed E-state index contributed by atoms with van der Waals surface area (Å²) in [5, 5.41) is 2.48. The van der Waals surface area contributed by atoms with Gasteiger partial charge in [-0.1, -0.05) is 18.2 Å². The van der Waals surface area contributed by atoms with Gasteiger partial charge in [0.05, 0.1) is 23.7 Å². The molecule has 3 rings (SSSR count). The van der Waals surface area contributed by atoms with Crippen LogP contribution in [0.15, 0.2) is 48.5 Å². The first kappa shape index (κ1) is 18.4. The topological polar surface area (TPSA) is 73.2 Å². The van der Waals surface area contributed by atoms with Crippen LogP contribution in [0, 0.1) is 0 Å². The van der Waals surface area contributed by atoms with Crippen LogP contribution >= 0.6 is 0 Å². The number of imidazole rings is 1. The number of benzene rings is 2. The highest BCUT2D eigenvalue weighted by Gasteiger charge is 2.38. The number of esters is 1. The number of fused-ring (bicyclic) bond motifs is 1. The van der Waals surface area contributed by atoms with Crippen molar-refractivity contribution < 1.29 is 27.5 Å². The zero-order chi connectivity index (χ0) is 19.6. The number of amides is 1. The van der Waals surface area contributed by atoms with Crippen molar-refractivity contribution in [2.75, 3.05) is 12.4 Å². The monoisotopic (exact) mass is 377 g/mol. The van der Waals surface area contributed by atoms with Gasteiger partial charge in [-0.25, -0.2) is 9.78 Å². The number of nitrogens with one attached hydrogen (secondary N) is 1. The molecule has 1 aromatic heterocycles. The van der Waals surface area contributed by atoms with Gasteiger partial charge in [-0.3, -0.25) is 4.79 Å². The molecule has 0 aliphatic heterocycles. The lowest BCUT2D eigenvalue weighted by Gasteiger charge is -2.12. The van der Waals surface area contributed by atoms with Crippen molar-refractivity contribution in [3.05, 3.63) is 59.9 Å². The highest BCUT2D eigenvalue weighted by atomic mass is 19.4. The van der Waals surface area contributed by atoms with Crippen molar-refractivity contribution in [1.82, 2.24) is 9.55 Å². The Hall–Kier alpha value is -3.36. The number of hydrogen-bond donors (Lipinski definition) is 1. The molecule has 0 fully saturated rings. The molecule has 0 saturated heterocycles. The number of anilines is 1. The maximum Gasteiger partial charge on any atom is 0.449 e. The number of carbonyl (C=O) groups excluding carboxylic acids is 2. The highest BCUT2D eigenvalue weighted by Crippen LogP contribution is 2.31. The number of carbonyl (C=O) groups is 2. The second kappa shape index (κ2) is 7.10. The SMILES string of the molecule is COC(=O)c1cccc(NC(=O)Cn2c(C(F)(F)F)nc3ccccc32)c1. The molecule has 0 atom stereocenters. The number of halogens is 3. The number of ether oxygens (including phenoxy) is 1. The summed E-state index contributed by atoms with van der Waals surface area (Å²) in [5.41, 5.74) is 0.814. The molecule has 2 aromatic carbocycles. The molecule has 1 N–H and O–H groups in total. The molecule has 0 bridgehead atoms. The Labute approximate surface area is 151 Å². The van der Waals surface area contributed by atoms with Crippen molar-refractivity contribution in [3.8, 4) is 0 Å². The largest absolute Gasteiger partial charge is 0.465 e. The van der Waals surface area contributed by atoms with Crippen molar-refractivity contribution >= 4 is 28.6 Å². The van der Waals surface area contributed by atoms with E-state index in [1.54, 1.807) is 12.1 Å². The molecule has 9 heteroatoms. The lowest BCUT2D eigenvalue weighted by molar-refractivity contribution is -0.147. The summed E-state index contributed by atoms with van der Waals surface area (Å²) < 4.78 is 45.2. The predicted octanol–water partition coefficient (Wildman–Crippen LogP) is 3.48. The van der Waals surface area contributed by atoms with E-state index in [0.717, 1.165) is 4.57 Å². The second-order valence-electron chi connectivity index (χ2n) is 5.63. The van der Waals surface area contributed by atoms with Crippen LogP contribution in [0.1, 0.15) is 16.2 Å². The summed E-state index contributed by atoms with van der Waals surface area (Å²) in [5.74, 6) is -2.43. The predicted molar refractivity (Wildman–Crippen MR) is 91.1 cm³/mol. The minimum absolute atomic E-state index is 0.144. The summed E-state index contributed by atoms with van der Waals surface area (Å²) in [4.78, 5) is 27.4. The molecule has 0 aliphatic carbocycles. The van der Waals surface area contributed by atoms with E-state index in [9.17, 15) is 22.8 Å². The molecular formula is C18H14F3N3O3. The molecule has 1 amide bonds. The van der Waals surface area contributed by atoms with Crippen molar-refractivity contribution in [3.63, 3.8) is 0 Å². The van der Waals surface area contributed by atoms with Crippen LogP contribution in [0.25, 0.3) is 11.0 Å². The Morgan fingerprint density at radius 3 is 2.59 bits per heavy atom. The third-order valence-electron chi connectivity index (χ3n) is 3.78. The maximum atomic E-state index is 13.3. The first-order valence-electron chi connectivity index (χ1n) is 7.80. The Morgan fingerprint density at radius 2 is 1.89 bits per heavy atom. The van der Waals surface area contributed by atoms with Gasteiger partial charge in [-0.05, 0) is 30.3 Å². The lowest BCUT2D eigenvalue weighted by atomic mass is 10.2. The van der Waals surface area contributed by atoms with Crippen LogP contribution in [0.5, 0.6) is 0 Å². The van der Waals surface area contributed by atoms with E-state index in [2.05, 4.69) is 15.0 Å². The maximum absolute atomic E-state index is 13.3. The quantitative estimate of drug-likeness (QED) is 0.707. The number of methoxy groups -OCH3 is 1. The minimum Gasteiger partial charge on any atom is -0.465 e. The average Bonchev–Trinajstić information content (AvgIpc) is 3.00. The number of aromatic nitrogens is 2. The fourth-order valence-corrected chi connectivity index (χ4v) is 2.64. The van der Waals surface area contributed by atoms with Gasteiger partial charge in [0, 0.05) is 5.69 Å². The van der Waals surface area contributed by atoms with Gasteiger partial charge >= 0.3 is 12.1 Å². The molecule has 0 aliphatic rings.